The van der Waals surface area contributed by atoms with Crippen LogP contribution in [0.5, 0.6) is 0 Å². The van der Waals surface area contributed by atoms with Crippen LogP contribution < -0.4 is 4.90 Å². The molecule has 5 aliphatic carbocycles. The molecule has 50 heavy (non-hydrogen) atoms. The lowest BCUT2D eigenvalue weighted by Gasteiger charge is -2.41. The van der Waals surface area contributed by atoms with Gasteiger partial charge in [-0.05, 0) is 101 Å². The first-order chi connectivity index (χ1) is 24.8. The summed E-state index contributed by atoms with van der Waals surface area (Å²) in [5, 5.41) is 0. The smallest absolute Gasteiger partial charge is 0.0461 e. The van der Waals surface area contributed by atoms with Crippen molar-refractivity contribution >= 4 is 11.4 Å². The van der Waals surface area contributed by atoms with E-state index in [0.717, 1.165) is 6.42 Å². The monoisotopic (exact) mass is 643 g/mol. The molecule has 0 amide bonds. The van der Waals surface area contributed by atoms with E-state index in [4.69, 9.17) is 0 Å². The summed E-state index contributed by atoms with van der Waals surface area (Å²) in [5.74, 6) is 1.35. The highest BCUT2D eigenvalue weighted by Crippen LogP contribution is 2.68. The molecule has 4 atom stereocenters. The van der Waals surface area contributed by atoms with Crippen LogP contribution in [0.1, 0.15) is 49.1 Å². The van der Waals surface area contributed by atoms with Crippen molar-refractivity contribution in [3.05, 3.63) is 203 Å². The predicted octanol–water partition coefficient (Wildman–Crippen LogP) is 12.7. The highest BCUT2D eigenvalue weighted by atomic mass is 15.1. The first-order valence-electron chi connectivity index (χ1n) is 18.5. The van der Waals surface area contributed by atoms with Gasteiger partial charge in [0.2, 0.25) is 0 Å². The Hall–Kier alpha value is -5.40. The Kier molecular flexibility index (Phi) is 7.01. The van der Waals surface area contributed by atoms with Crippen LogP contribution in [-0.4, -0.2) is 0 Å². The second kappa shape index (κ2) is 11.9. The lowest BCUT2D eigenvalue weighted by molar-refractivity contribution is 0.410. The van der Waals surface area contributed by atoms with Gasteiger partial charge in [-0.15, -0.1) is 0 Å². The third kappa shape index (κ3) is 4.46. The van der Waals surface area contributed by atoms with E-state index in [-0.39, 0.29) is 5.41 Å². The zero-order valence-corrected chi connectivity index (χ0v) is 28.4. The van der Waals surface area contributed by atoms with Crippen molar-refractivity contribution in [3.8, 4) is 22.3 Å². The maximum atomic E-state index is 2.62. The maximum Gasteiger partial charge on any atom is 0.0461 e. The van der Waals surface area contributed by atoms with Gasteiger partial charge >= 0.3 is 0 Å². The van der Waals surface area contributed by atoms with E-state index in [9.17, 15) is 0 Å². The Morgan fingerprint density at radius 3 is 1.82 bits per heavy atom. The lowest BCUT2D eigenvalue weighted by Crippen LogP contribution is -2.36. The Morgan fingerprint density at radius 1 is 0.560 bits per heavy atom. The molecule has 0 aromatic heterocycles. The number of benzene rings is 5. The first kappa shape index (κ1) is 29.5. The van der Waals surface area contributed by atoms with E-state index < -0.39 is 0 Å². The van der Waals surface area contributed by atoms with Crippen molar-refractivity contribution in [2.24, 2.45) is 11.8 Å². The molecule has 0 fully saturated rings. The molecule has 0 radical (unpaired) electrons. The predicted molar refractivity (Wildman–Crippen MR) is 208 cm³/mol. The van der Waals surface area contributed by atoms with Gasteiger partial charge in [0.05, 0.1) is 0 Å². The molecule has 5 aromatic rings. The maximum absolute atomic E-state index is 2.62. The van der Waals surface area contributed by atoms with Crippen molar-refractivity contribution < 1.29 is 0 Å². The number of anilines is 2. The Labute approximate surface area is 296 Å². The van der Waals surface area contributed by atoms with Crippen molar-refractivity contribution in [2.45, 2.75) is 43.4 Å². The van der Waals surface area contributed by atoms with Gasteiger partial charge in [0, 0.05) is 40.2 Å². The van der Waals surface area contributed by atoms with Crippen LogP contribution >= 0.6 is 0 Å². The molecule has 1 nitrogen and oxygen atoms in total. The minimum Gasteiger partial charge on any atom is -0.311 e. The Bertz CT molecular complexity index is 2150. The number of fused-ring (bicyclic) bond motifs is 9. The summed E-state index contributed by atoms with van der Waals surface area (Å²) in [7, 11) is 0. The SMILES string of the molecule is C1=CC2C3=C(CCCC3)C3(C4=CC(N(c5ccc(-c6ccccc6)cc5)c5ccc(-c6ccccc6)cc5)=CCC4c4ccccc43)C2C=C1. The summed E-state index contributed by atoms with van der Waals surface area (Å²) in [5.41, 5.74) is 16.7. The minimum atomic E-state index is -0.0670. The van der Waals surface area contributed by atoms with Gasteiger partial charge < -0.3 is 4.90 Å². The Morgan fingerprint density at radius 2 is 1.14 bits per heavy atom. The highest BCUT2D eigenvalue weighted by molar-refractivity contribution is 5.78. The van der Waals surface area contributed by atoms with E-state index in [0.29, 0.717) is 17.8 Å². The second-order valence-corrected chi connectivity index (χ2v) is 14.6. The fraction of sp³-hybridized carbons (Fsp3) is 0.184. The quantitative estimate of drug-likeness (QED) is 0.172. The third-order valence-electron chi connectivity index (χ3n) is 12.2. The molecular formula is C49H41N. The molecule has 0 heterocycles. The van der Waals surface area contributed by atoms with Crippen LogP contribution in [0.4, 0.5) is 11.4 Å². The minimum absolute atomic E-state index is 0.0670. The van der Waals surface area contributed by atoms with E-state index in [1.807, 2.05) is 0 Å². The normalized spacial score (nSPS) is 24.3. The number of hydrogen-bond acceptors (Lipinski definition) is 1. The molecule has 5 aliphatic rings. The van der Waals surface area contributed by atoms with E-state index in [1.54, 1.807) is 27.8 Å². The van der Waals surface area contributed by atoms with Crippen LogP contribution in [0, 0.1) is 11.8 Å². The fourth-order valence-corrected chi connectivity index (χ4v) is 10.2. The van der Waals surface area contributed by atoms with Crippen molar-refractivity contribution in [1.29, 1.82) is 0 Å². The molecule has 242 valence electrons. The van der Waals surface area contributed by atoms with E-state index in [2.05, 4.69) is 175 Å². The van der Waals surface area contributed by atoms with Gasteiger partial charge in [-0.1, -0.05) is 151 Å². The van der Waals surface area contributed by atoms with Crippen LogP contribution in [0.25, 0.3) is 22.3 Å². The zero-order chi connectivity index (χ0) is 33.1. The van der Waals surface area contributed by atoms with Gasteiger partial charge in [0.1, 0.15) is 0 Å². The van der Waals surface area contributed by atoms with E-state index in [1.165, 1.54) is 65.0 Å². The van der Waals surface area contributed by atoms with Crippen LogP contribution in [0.15, 0.2) is 192 Å². The zero-order valence-electron chi connectivity index (χ0n) is 28.4. The summed E-state index contributed by atoms with van der Waals surface area (Å²) in [4.78, 5) is 2.50. The largest absolute Gasteiger partial charge is 0.311 e. The second-order valence-electron chi connectivity index (χ2n) is 14.6. The molecular weight excluding hydrogens is 603 g/mol. The standard InChI is InChI=1S/C49H41N/c1-3-13-34(14-4-1)36-23-27-38(28-24-36)50(39-29-25-37(26-30-39)35-15-5-2-6-16-35)40-31-32-44-43-19-9-12-22-47(43)49(48(44)33-40)45-20-10-7-17-41(45)42-18-8-11-21-46(42)49/h1-7,9-10,12-17,19-20,22-31,33,41,44-45H,8,11,18,21,32H2. The van der Waals surface area contributed by atoms with Gasteiger partial charge in [-0.2, -0.15) is 0 Å². The van der Waals surface area contributed by atoms with Crippen molar-refractivity contribution in [1.82, 2.24) is 0 Å². The highest BCUT2D eigenvalue weighted by Gasteiger charge is 2.60. The summed E-state index contributed by atoms with van der Waals surface area (Å²) in [6.45, 7) is 0. The topological polar surface area (TPSA) is 3.24 Å². The molecule has 1 spiro atoms. The van der Waals surface area contributed by atoms with Gasteiger partial charge in [-0.25, -0.2) is 0 Å². The van der Waals surface area contributed by atoms with E-state index >= 15 is 0 Å². The average molecular weight is 644 g/mol. The Balaban J connectivity index is 1.13. The summed E-state index contributed by atoms with van der Waals surface area (Å²) < 4.78 is 0. The molecule has 0 N–H and O–H groups in total. The van der Waals surface area contributed by atoms with Gasteiger partial charge in [0.15, 0.2) is 0 Å². The summed E-state index contributed by atoms with van der Waals surface area (Å²) in [6, 6.07) is 49.2. The van der Waals surface area contributed by atoms with Crippen LogP contribution in [0.2, 0.25) is 0 Å². The molecule has 0 bridgehead atoms. The molecule has 5 aromatic carbocycles. The molecule has 10 rings (SSSR count). The summed E-state index contributed by atoms with van der Waals surface area (Å²) in [6.07, 6.45) is 20.9. The van der Waals surface area contributed by atoms with Gasteiger partial charge in [0.25, 0.3) is 0 Å². The van der Waals surface area contributed by atoms with Crippen molar-refractivity contribution in [2.75, 3.05) is 4.90 Å². The van der Waals surface area contributed by atoms with Gasteiger partial charge in [-0.3, -0.25) is 0 Å². The number of rotatable bonds is 5. The lowest BCUT2D eigenvalue weighted by atomic mass is 9.62. The molecule has 0 aliphatic heterocycles. The molecule has 1 heteroatoms. The fourth-order valence-electron chi connectivity index (χ4n) is 10.2. The molecule has 0 saturated heterocycles. The number of nitrogens with zero attached hydrogens (tertiary/aromatic N) is 1. The van der Waals surface area contributed by atoms with Crippen molar-refractivity contribution in [3.63, 3.8) is 0 Å². The third-order valence-corrected chi connectivity index (χ3v) is 12.2. The van der Waals surface area contributed by atoms with Crippen LogP contribution in [-0.2, 0) is 5.41 Å². The first-order valence-corrected chi connectivity index (χ1v) is 18.5. The molecule has 4 unspecified atom stereocenters. The molecule has 0 saturated carbocycles. The average Bonchev–Trinajstić information content (AvgIpc) is 3.66. The number of allylic oxidation sites excluding steroid dienone is 9. The number of hydrogen-bond donors (Lipinski definition) is 0. The van der Waals surface area contributed by atoms with Crippen LogP contribution in [0.3, 0.4) is 0 Å². The summed E-state index contributed by atoms with van der Waals surface area (Å²) >= 11 is 0.